The van der Waals surface area contributed by atoms with Crippen molar-refractivity contribution in [3.05, 3.63) is 63.7 Å². The Morgan fingerprint density at radius 3 is 2.27 bits per heavy atom. The van der Waals surface area contributed by atoms with E-state index < -0.39 is 0 Å². The van der Waals surface area contributed by atoms with Crippen LogP contribution in [-0.2, 0) is 0 Å². The predicted octanol–water partition coefficient (Wildman–Crippen LogP) is 3.20. The number of piperazine rings is 1. The fourth-order valence-corrected chi connectivity index (χ4v) is 4.29. The van der Waals surface area contributed by atoms with Gasteiger partial charge in [-0.25, -0.2) is 0 Å². The molecule has 1 saturated heterocycles. The second kappa shape index (κ2) is 7.63. The molecule has 1 heterocycles. The van der Waals surface area contributed by atoms with Crippen molar-refractivity contribution < 1.29 is 9.69 Å². The summed E-state index contributed by atoms with van der Waals surface area (Å²) in [6.45, 7) is 15.3. The summed E-state index contributed by atoms with van der Waals surface area (Å²) in [4.78, 5) is 15.3. The number of hydrogen-bond acceptors (Lipinski definition) is 2. The quantitative estimate of drug-likeness (QED) is 0.856. The summed E-state index contributed by atoms with van der Waals surface area (Å²) >= 11 is 0. The molecule has 0 unspecified atom stereocenters. The van der Waals surface area contributed by atoms with Crippen LogP contribution in [0.25, 0.3) is 0 Å². The van der Waals surface area contributed by atoms with Gasteiger partial charge >= 0.3 is 0 Å². The molecule has 3 heteroatoms. The summed E-state index contributed by atoms with van der Waals surface area (Å²) in [6, 6.07) is 11.6. The highest BCUT2D eigenvalue weighted by atomic mass is 16.1. The summed E-state index contributed by atoms with van der Waals surface area (Å²) in [5.41, 5.74) is 8.57. The molecule has 1 atom stereocenters. The zero-order chi connectivity index (χ0) is 18.8. The van der Waals surface area contributed by atoms with Crippen molar-refractivity contribution in [1.29, 1.82) is 0 Å². The first kappa shape index (κ1) is 18.7. The summed E-state index contributed by atoms with van der Waals surface area (Å²) in [6.07, 6.45) is 0.958. The van der Waals surface area contributed by atoms with Gasteiger partial charge in [0.15, 0.2) is 0 Å². The third-order valence-corrected chi connectivity index (χ3v) is 5.96. The Morgan fingerprint density at radius 1 is 0.962 bits per heavy atom. The molecule has 0 aliphatic carbocycles. The molecule has 2 aromatic carbocycles. The third kappa shape index (κ3) is 3.68. The largest absolute Gasteiger partial charge is 0.360 e. The normalized spacial score (nSPS) is 16.6. The maximum absolute atomic E-state index is 11.2. The first-order valence-corrected chi connectivity index (χ1v) is 9.63. The van der Waals surface area contributed by atoms with Crippen LogP contribution in [0.1, 0.15) is 51.1 Å². The number of benzene rings is 2. The van der Waals surface area contributed by atoms with Crippen molar-refractivity contribution in [3.63, 3.8) is 0 Å². The molecule has 1 aliphatic heterocycles. The van der Waals surface area contributed by atoms with Crippen LogP contribution in [0.4, 0.5) is 5.69 Å². The maximum Gasteiger partial charge on any atom is 0.150 e. The summed E-state index contributed by atoms with van der Waals surface area (Å²) in [7, 11) is 0. The van der Waals surface area contributed by atoms with Crippen LogP contribution in [0.3, 0.4) is 0 Å². The minimum Gasteiger partial charge on any atom is -0.360 e. The number of nitrogens with one attached hydrogen (secondary N) is 1. The van der Waals surface area contributed by atoms with Gasteiger partial charge in [0, 0.05) is 16.8 Å². The average Bonchev–Trinajstić information content (AvgIpc) is 2.63. The Balaban J connectivity index is 1.71. The maximum atomic E-state index is 11.2. The van der Waals surface area contributed by atoms with Gasteiger partial charge in [0.25, 0.3) is 0 Å². The molecule has 0 amide bonds. The summed E-state index contributed by atoms with van der Waals surface area (Å²) < 4.78 is 0. The molecule has 0 spiro atoms. The van der Waals surface area contributed by atoms with Crippen molar-refractivity contribution >= 4 is 12.0 Å². The number of quaternary nitrogens is 1. The van der Waals surface area contributed by atoms with Gasteiger partial charge < -0.3 is 9.80 Å². The number of nitrogens with zero attached hydrogens (tertiary/aromatic N) is 1. The molecular weight excluding hydrogens is 320 g/mol. The van der Waals surface area contributed by atoms with E-state index in [2.05, 4.69) is 56.9 Å². The molecular formula is C23H31N2O+. The Kier molecular flexibility index (Phi) is 5.47. The van der Waals surface area contributed by atoms with E-state index >= 15 is 0 Å². The predicted molar refractivity (Wildman–Crippen MR) is 109 cm³/mol. The van der Waals surface area contributed by atoms with Gasteiger partial charge in [-0.3, -0.25) is 4.79 Å². The van der Waals surface area contributed by atoms with Crippen molar-refractivity contribution in [2.75, 3.05) is 31.1 Å². The number of anilines is 1. The van der Waals surface area contributed by atoms with E-state index in [1.807, 2.05) is 13.0 Å². The van der Waals surface area contributed by atoms with Crippen LogP contribution in [0.5, 0.6) is 0 Å². The third-order valence-electron chi connectivity index (χ3n) is 5.96. The lowest BCUT2D eigenvalue weighted by Crippen LogP contribution is -3.14. The number of carbonyl (C=O) groups excluding carboxylic acids is 1. The highest BCUT2D eigenvalue weighted by Gasteiger charge is 2.27. The Labute approximate surface area is 157 Å². The minimum absolute atomic E-state index is 0.526. The van der Waals surface area contributed by atoms with Gasteiger partial charge in [-0.2, -0.15) is 0 Å². The molecule has 3 rings (SSSR count). The zero-order valence-corrected chi connectivity index (χ0v) is 16.7. The fraction of sp³-hybridized carbons (Fsp3) is 0.435. The van der Waals surface area contributed by atoms with Gasteiger partial charge in [-0.15, -0.1) is 0 Å². The molecule has 0 radical (unpaired) electrons. The minimum atomic E-state index is 0.526. The average molecular weight is 352 g/mol. The smallest absolute Gasteiger partial charge is 0.150 e. The Bertz CT molecular complexity index is 804. The van der Waals surface area contributed by atoms with Crippen LogP contribution in [0.2, 0.25) is 0 Å². The van der Waals surface area contributed by atoms with Crippen LogP contribution in [0.15, 0.2) is 30.3 Å². The van der Waals surface area contributed by atoms with Crippen molar-refractivity contribution in [1.82, 2.24) is 0 Å². The lowest BCUT2D eigenvalue weighted by Gasteiger charge is -2.37. The van der Waals surface area contributed by atoms with Crippen LogP contribution in [0, 0.1) is 27.7 Å². The highest BCUT2D eigenvalue weighted by Crippen LogP contribution is 2.24. The van der Waals surface area contributed by atoms with E-state index in [1.165, 1.54) is 27.9 Å². The molecule has 0 aromatic heterocycles. The number of aryl methyl sites for hydroxylation is 4. The highest BCUT2D eigenvalue weighted by molar-refractivity contribution is 5.79. The van der Waals surface area contributed by atoms with E-state index in [4.69, 9.17) is 0 Å². The first-order valence-electron chi connectivity index (χ1n) is 9.63. The van der Waals surface area contributed by atoms with E-state index in [0.717, 1.165) is 43.6 Å². The van der Waals surface area contributed by atoms with Gasteiger partial charge in [-0.1, -0.05) is 23.8 Å². The molecule has 0 saturated carbocycles. The monoisotopic (exact) mass is 351 g/mol. The summed E-state index contributed by atoms with van der Waals surface area (Å²) in [5.74, 6) is 0. The van der Waals surface area contributed by atoms with Crippen molar-refractivity contribution in [3.8, 4) is 0 Å². The molecule has 2 aromatic rings. The molecule has 1 fully saturated rings. The standard InChI is InChI=1S/C23H30N2O/c1-16-6-7-22(18(3)12-16)20(5)24-8-10-25(11-9-24)23-14-17(2)21(15-26)13-19(23)4/h6-7,12-15,20H,8-11H2,1-5H3/p+1/t20-/m1/s1. The Morgan fingerprint density at radius 2 is 1.65 bits per heavy atom. The molecule has 26 heavy (non-hydrogen) atoms. The molecule has 3 nitrogen and oxygen atoms in total. The second-order valence-electron chi connectivity index (χ2n) is 7.84. The molecule has 138 valence electrons. The van der Waals surface area contributed by atoms with Crippen molar-refractivity contribution in [2.45, 2.75) is 40.7 Å². The number of aldehydes is 1. The van der Waals surface area contributed by atoms with E-state index in [-0.39, 0.29) is 0 Å². The fourth-order valence-electron chi connectivity index (χ4n) is 4.29. The number of hydrogen-bond donors (Lipinski definition) is 1. The van der Waals surface area contributed by atoms with Gasteiger partial charge in [-0.05, 0) is 63.4 Å². The molecule has 1 aliphatic rings. The van der Waals surface area contributed by atoms with Crippen LogP contribution < -0.4 is 9.80 Å². The first-order chi connectivity index (χ1) is 12.4. The Hall–Kier alpha value is -2.13. The SMILES string of the molecule is Cc1ccc([C@@H](C)[NH+]2CCN(c3cc(C)c(C=O)cc3C)CC2)c(C)c1. The lowest BCUT2D eigenvalue weighted by molar-refractivity contribution is -0.930. The molecule has 0 bridgehead atoms. The van der Waals surface area contributed by atoms with E-state index in [1.54, 1.807) is 4.90 Å². The van der Waals surface area contributed by atoms with Crippen LogP contribution in [-0.4, -0.2) is 32.5 Å². The van der Waals surface area contributed by atoms with Gasteiger partial charge in [0.2, 0.25) is 0 Å². The van der Waals surface area contributed by atoms with Gasteiger partial charge in [0.1, 0.15) is 12.3 Å². The number of carbonyl (C=O) groups is 1. The number of rotatable bonds is 4. The van der Waals surface area contributed by atoms with E-state index in [9.17, 15) is 4.79 Å². The van der Waals surface area contributed by atoms with Gasteiger partial charge in [0.05, 0.1) is 26.2 Å². The zero-order valence-electron chi connectivity index (χ0n) is 16.7. The summed E-state index contributed by atoms with van der Waals surface area (Å²) in [5, 5.41) is 0. The van der Waals surface area contributed by atoms with Crippen molar-refractivity contribution in [2.24, 2.45) is 0 Å². The van der Waals surface area contributed by atoms with Crippen LogP contribution >= 0.6 is 0 Å². The topological polar surface area (TPSA) is 24.8 Å². The molecule has 1 N–H and O–H groups in total. The van der Waals surface area contributed by atoms with E-state index in [0.29, 0.717) is 6.04 Å². The second-order valence-corrected chi connectivity index (χ2v) is 7.84. The lowest BCUT2D eigenvalue weighted by atomic mass is 9.98.